The van der Waals surface area contributed by atoms with Crippen LogP contribution >= 0.6 is 0 Å². The molecule has 1 saturated heterocycles. The predicted molar refractivity (Wildman–Crippen MR) is 63.4 cm³/mol. The van der Waals surface area contributed by atoms with Gasteiger partial charge >= 0.3 is 0 Å². The number of rotatable bonds is 2. The van der Waals surface area contributed by atoms with Crippen LogP contribution in [0.5, 0.6) is 0 Å². The average Bonchev–Trinajstić information content (AvgIpc) is 2.32. The molecule has 1 atom stereocenters. The monoisotopic (exact) mass is 219 g/mol. The van der Waals surface area contributed by atoms with Gasteiger partial charge in [-0.15, -0.1) is 0 Å². The van der Waals surface area contributed by atoms with Gasteiger partial charge in [-0.25, -0.2) is 0 Å². The lowest BCUT2D eigenvalue weighted by atomic mass is 10.1. The van der Waals surface area contributed by atoms with E-state index in [9.17, 15) is 9.90 Å². The van der Waals surface area contributed by atoms with E-state index in [1.807, 2.05) is 24.3 Å². The van der Waals surface area contributed by atoms with Gasteiger partial charge < -0.3 is 10.0 Å². The molecule has 3 heteroatoms. The van der Waals surface area contributed by atoms with Gasteiger partial charge in [0.1, 0.15) is 0 Å². The number of piperidine rings is 1. The molecule has 1 aromatic rings. The molecule has 0 radical (unpaired) electrons. The number of hydrogen-bond acceptors (Lipinski definition) is 2. The number of carbonyl (C=O) groups is 1. The second kappa shape index (κ2) is 4.66. The minimum atomic E-state index is -0.386. The first-order valence-electron chi connectivity index (χ1n) is 5.78. The second-order valence-corrected chi connectivity index (χ2v) is 4.22. The topological polar surface area (TPSA) is 40.5 Å². The van der Waals surface area contributed by atoms with Gasteiger partial charge in [-0.3, -0.25) is 4.79 Å². The molecule has 0 saturated carbocycles. The standard InChI is InChI=1S/C13H17NO2/c1-2-10-3-5-11(6-4-10)14-9-12(15)7-8-13(14)16/h3-6,12,15H,2,7-9H2,1H3. The van der Waals surface area contributed by atoms with Gasteiger partial charge in [-0.05, 0) is 30.5 Å². The van der Waals surface area contributed by atoms with Crippen molar-refractivity contribution in [3.8, 4) is 0 Å². The van der Waals surface area contributed by atoms with E-state index in [-0.39, 0.29) is 12.0 Å². The lowest BCUT2D eigenvalue weighted by molar-refractivity contribution is -0.121. The van der Waals surface area contributed by atoms with Gasteiger partial charge in [-0.2, -0.15) is 0 Å². The molecule has 0 aliphatic carbocycles. The molecular weight excluding hydrogens is 202 g/mol. The SMILES string of the molecule is CCc1ccc(N2CC(O)CCC2=O)cc1. The first-order valence-corrected chi connectivity index (χ1v) is 5.78. The Morgan fingerprint density at radius 3 is 2.69 bits per heavy atom. The molecule has 1 heterocycles. The third kappa shape index (κ3) is 2.25. The highest BCUT2D eigenvalue weighted by molar-refractivity contribution is 5.94. The van der Waals surface area contributed by atoms with Crippen LogP contribution in [0.3, 0.4) is 0 Å². The average molecular weight is 219 g/mol. The molecule has 0 bridgehead atoms. The number of hydrogen-bond donors (Lipinski definition) is 1. The number of aliphatic hydroxyl groups excluding tert-OH is 1. The quantitative estimate of drug-likeness (QED) is 0.823. The zero-order valence-electron chi connectivity index (χ0n) is 9.52. The van der Waals surface area contributed by atoms with Gasteiger partial charge in [0.2, 0.25) is 5.91 Å². The molecule has 16 heavy (non-hydrogen) atoms. The van der Waals surface area contributed by atoms with E-state index < -0.39 is 0 Å². The van der Waals surface area contributed by atoms with Gasteiger partial charge in [0, 0.05) is 12.1 Å². The smallest absolute Gasteiger partial charge is 0.227 e. The van der Waals surface area contributed by atoms with Gasteiger partial charge in [-0.1, -0.05) is 19.1 Å². The second-order valence-electron chi connectivity index (χ2n) is 4.22. The molecule has 1 aromatic carbocycles. The molecular formula is C13H17NO2. The summed E-state index contributed by atoms with van der Waals surface area (Å²) in [4.78, 5) is 13.4. The molecule has 0 aromatic heterocycles. The van der Waals surface area contributed by atoms with Crippen molar-refractivity contribution in [2.75, 3.05) is 11.4 Å². The highest BCUT2D eigenvalue weighted by atomic mass is 16.3. The maximum atomic E-state index is 11.7. The Morgan fingerprint density at radius 2 is 2.06 bits per heavy atom. The molecule has 3 nitrogen and oxygen atoms in total. The first-order chi connectivity index (χ1) is 7.70. The summed E-state index contributed by atoms with van der Waals surface area (Å²) in [6.45, 7) is 2.52. The summed E-state index contributed by atoms with van der Waals surface area (Å²) in [7, 11) is 0. The van der Waals surface area contributed by atoms with Crippen LogP contribution in [-0.2, 0) is 11.2 Å². The summed E-state index contributed by atoms with van der Waals surface area (Å²) >= 11 is 0. The Bertz CT molecular complexity index is 372. The number of benzene rings is 1. The highest BCUT2D eigenvalue weighted by Gasteiger charge is 2.24. The fraction of sp³-hybridized carbons (Fsp3) is 0.462. The Balaban J connectivity index is 2.18. The largest absolute Gasteiger partial charge is 0.391 e. The number of aliphatic hydroxyl groups is 1. The molecule has 86 valence electrons. The van der Waals surface area contributed by atoms with E-state index in [0.717, 1.165) is 12.1 Å². The van der Waals surface area contributed by atoms with Crippen molar-refractivity contribution in [2.45, 2.75) is 32.3 Å². The van der Waals surface area contributed by atoms with Crippen LogP contribution in [0.2, 0.25) is 0 Å². The zero-order valence-corrected chi connectivity index (χ0v) is 9.52. The molecule has 1 aliphatic heterocycles. The summed E-state index contributed by atoms with van der Waals surface area (Å²) in [5.74, 6) is 0.106. The van der Waals surface area contributed by atoms with Crippen molar-refractivity contribution in [2.24, 2.45) is 0 Å². The van der Waals surface area contributed by atoms with Crippen LogP contribution in [0.15, 0.2) is 24.3 Å². The lowest BCUT2D eigenvalue weighted by Crippen LogP contribution is -2.42. The lowest BCUT2D eigenvalue weighted by Gasteiger charge is -2.30. The van der Waals surface area contributed by atoms with Crippen molar-refractivity contribution in [1.29, 1.82) is 0 Å². The van der Waals surface area contributed by atoms with E-state index in [0.29, 0.717) is 19.4 Å². The van der Waals surface area contributed by atoms with Crippen molar-refractivity contribution in [1.82, 2.24) is 0 Å². The third-order valence-electron chi connectivity index (χ3n) is 3.04. The number of amides is 1. The van der Waals surface area contributed by atoms with E-state index in [2.05, 4.69) is 6.92 Å². The van der Waals surface area contributed by atoms with Crippen molar-refractivity contribution in [3.63, 3.8) is 0 Å². The molecule has 1 fully saturated rings. The molecule has 2 rings (SSSR count). The number of carbonyl (C=O) groups excluding carboxylic acids is 1. The van der Waals surface area contributed by atoms with Crippen LogP contribution in [-0.4, -0.2) is 23.7 Å². The van der Waals surface area contributed by atoms with Crippen LogP contribution in [0.25, 0.3) is 0 Å². The molecule has 0 spiro atoms. The fourth-order valence-corrected chi connectivity index (χ4v) is 1.99. The fourth-order valence-electron chi connectivity index (χ4n) is 1.99. The number of nitrogens with zero attached hydrogens (tertiary/aromatic N) is 1. The number of anilines is 1. The normalized spacial score (nSPS) is 21.2. The molecule has 1 aliphatic rings. The minimum Gasteiger partial charge on any atom is -0.391 e. The maximum Gasteiger partial charge on any atom is 0.227 e. The van der Waals surface area contributed by atoms with Crippen molar-refractivity contribution >= 4 is 11.6 Å². The summed E-state index contributed by atoms with van der Waals surface area (Å²) in [5, 5.41) is 9.57. The van der Waals surface area contributed by atoms with Crippen LogP contribution in [0, 0.1) is 0 Å². The Labute approximate surface area is 95.7 Å². The summed E-state index contributed by atoms with van der Waals surface area (Å²) in [5.41, 5.74) is 2.15. The first kappa shape index (κ1) is 11.1. The maximum absolute atomic E-state index is 11.7. The van der Waals surface area contributed by atoms with Crippen molar-refractivity contribution < 1.29 is 9.90 Å². The molecule has 1 N–H and O–H groups in total. The summed E-state index contributed by atoms with van der Waals surface area (Å²) in [6, 6.07) is 7.97. The Morgan fingerprint density at radius 1 is 1.38 bits per heavy atom. The Hall–Kier alpha value is -1.35. The number of aryl methyl sites for hydroxylation is 1. The summed E-state index contributed by atoms with van der Waals surface area (Å²) < 4.78 is 0. The Kier molecular flexibility index (Phi) is 3.25. The predicted octanol–water partition coefficient (Wildman–Crippen LogP) is 1.74. The minimum absolute atomic E-state index is 0.106. The van der Waals surface area contributed by atoms with Crippen molar-refractivity contribution in [3.05, 3.63) is 29.8 Å². The van der Waals surface area contributed by atoms with E-state index >= 15 is 0 Å². The van der Waals surface area contributed by atoms with Crippen LogP contribution in [0.1, 0.15) is 25.3 Å². The molecule has 1 amide bonds. The van der Waals surface area contributed by atoms with Gasteiger partial charge in [0.25, 0.3) is 0 Å². The van der Waals surface area contributed by atoms with Crippen LogP contribution in [0.4, 0.5) is 5.69 Å². The van der Waals surface area contributed by atoms with E-state index in [4.69, 9.17) is 0 Å². The van der Waals surface area contributed by atoms with E-state index in [1.54, 1.807) is 4.90 Å². The molecule has 1 unspecified atom stereocenters. The summed E-state index contributed by atoms with van der Waals surface area (Å²) in [6.07, 6.45) is 1.64. The van der Waals surface area contributed by atoms with Crippen LogP contribution < -0.4 is 4.90 Å². The zero-order chi connectivity index (χ0) is 11.5. The third-order valence-corrected chi connectivity index (χ3v) is 3.04. The number of β-amino-alcohol motifs (C(OH)–C–C–N with tert-alkyl or cyclic N) is 1. The van der Waals surface area contributed by atoms with Gasteiger partial charge in [0.05, 0.1) is 12.6 Å². The van der Waals surface area contributed by atoms with E-state index in [1.165, 1.54) is 5.56 Å². The highest BCUT2D eigenvalue weighted by Crippen LogP contribution is 2.21. The van der Waals surface area contributed by atoms with Gasteiger partial charge in [0.15, 0.2) is 0 Å².